The number of hydrogen-bond acceptors (Lipinski definition) is 3. The van der Waals surface area contributed by atoms with Crippen LogP contribution in [-0.4, -0.2) is 35.1 Å². The van der Waals surface area contributed by atoms with Gasteiger partial charge in [-0.25, -0.2) is 0 Å². The Morgan fingerprint density at radius 1 is 1.03 bits per heavy atom. The number of hydrogen-bond donors (Lipinski definition) is 1. The zero-order chi connectivity index (χ0) is 21.4. The van der Waals surface area contributed by atoms with Crippen LogP contribution in [0.2, 0.25) is 10.0 Å². The number of carbonyl (C=O) groups is 2. The van der Waals surface area contributed by atoms with Crippen LogP contribution >= 0.6 is 35.0 Å². The monoisotopic (exact) mass is 452 g/mol. The summed E-state index contributed by atoms with van der Waals surface area (Å²) in [5.74, 6) is 0.250. The Morgan fingerprint density at radius 2 is 1.69 bits per heavy atom. The molecule has 2 aromatic rings. The number of carbonyl (C=O) groups excluding carboxylic acids is 2. The number of halogens is 2. The highest BCUT2D eigenvalue weighted by atomic mass is 35.5. The predicted molar refractivity (Wildman–Crippen MR) is 121 cm³/mol. The quantitative estimate of drug-likeness (QED) is 0.526. The van der Waals surface area contributed by atoms with Gasteiger partial charge in [-0.1, -0.05) is 55.2 Å². The molecular formula is C22H26Cl2N2O2S. The van der Waals surface area contributed by atoms with Crippen LogP contribution in [0.25, 0.3) is 0 Å². The molecule has 1 atom stereocenters. The average Bonchev–Trinajstić information content (AvgIpc) is 2.70. The van der Waals surface area contributed by atoms with Crippen molar-refractivity contribution >= 4 is 46.8 Å². The summed E-state index contributed by atoms with van der Waals surface area (Å²) >= 11 is 13.6. The fourth-order valence-corrected chi connectivity index (χ4v) is 3.71. The number of amides is 2. The Bertz CT molecular complexity index is 828. The number of nitrogens with zero attached hydrogens (tertiary/aromatic N) is 1. The predicted octanol–water partition coefficient (Wildman–Crippen LogP) is 5.28. The van der Waals surface area contributed by atoms with Crippen molar-refractivity contribution in [3.63, 3.8) is 0 Å². The molecule has 156 valence electrons. The molecule has 0 radical (unpaired) electrons. The lowest BCUT2D eigenvalue weighted by Gasteiger charge is -2.29. The summed E-state index contributed by atoms with van der Waals surface area (Å²) in [7, 11) is 0. The van der Waals surface area contributed by atoms with E-state index in [4.69, 9.17) is 23.2 Å². The van der Waals surface area contributed by atoms with Crippen LogP contribution in [0.15, 0.2) is 53.4 Å². The van der Waals surface area contributed by atoms with Crippen molar-refractivity contribution in [3.05, 3.63) is 64.1 Å². The summed E-state index contributed by atoms with van der Waals surface area (Å²) in [4.78, 5) is 28.2. The third kappa shape index (κ3) is 7.57. The second-order valence-electron chi connectivity index (χ2n) is 7.17. The molecule has 2 aromatic carbocycles. The smallest absolute Gasteiger partial charge is 0.242 e. The Hall–Kier alpha value is -1.69. The van der Waals surface area contributed by atoms with Crippen molar-refractivity contribution in [3.8, 4) is 0 Å². The van der Waals surface area contributed by atoms with Crippen molar-refractivity contribution in [2.75, 3.05) is 12.3 Å². The van der Waals surface area contributed by atoms with Crippen molar-refractivity contribution in [1.29, 1.82) is 0 Å². The Kier molecular flexibility index (Phi) is 9.34. The molecule has 0 fully saturated rings. The van der Waals surface area contributed by atoms with Crippen molar-refractivity contribution in [2.24, 2.45) is 5.92 Å². The van der Waals surface area contributed by atoms with Crippen molar-refractivity contribution in [2.45, 2.75) is 38.3 Å². The van der Waals surface area contributed by atoms with Crippen LogP contribution in [-0.2, 0) is 16.1 Å². The van der Waals surface area contributed by atoms with Crippen LogP contribution in [0, 0.1) is 5.92 Å². The van der Waals surface area contributed by atoms with Gasteiger partial charge in [0.1, 0.15) is 6.04 Å². The van der Waals surface area contributed by atoms with Gasteiger partial charge in [0.15, 0.2) is 0 Å². The molecule has 1 N–H and O–H groups in total. The van der Waals surface area contributed by atoms with E-state index in [-0.39, 0.29) is 24.1 Å². The molecule has 29 heavy (non-hydrogen) atoms. The maximum Gasteiger partial charge on any atom is 0.242 e. The normalized spacial score (nSPS) is 11.9. The number of nitrogens with one attached hydrogen (secondary N) is 1. The van der Waals surface area contributed by atoms with E-state index in [0.29, 0.717) is 22.5 Å². The fourth-order valence-electron chi connectivity index (χ4n) is 2.60. The lowest BCUT2D eigenvalue weighted by atomic mass is 10.1. The first kappa shape index (κ1) is 23.6. The second kappa shape index (κ2) is 11.5. The third-order valence-corrected chi connectivity index (χ3v) is 5.94. The molecule has 0 aliphatic rings. The lowest BCUT2D eigenvalue weighted by molar-refractivity contribution is -0.138. The van der Waals surface area contributed by atoms with E-state index in [1.165, 1.54) is 11.8 Å². The minimum atomic E-state index is -0.608. The average molecular weight is 453 g/mol. The molecular weight excluding hydrogens is 427 g/mol. The van der Waals surface area contributed by atoms with Gasteiger partial charge in [0.25, 0.3) is 0 Å². The largest absolute Gasteiger partial charge is 0.354 e. The second-order valence-corrected chi connectivity index (χ2v) is 9.06. The molecule has 0 spiro atoms. The maximum absolute atomic E-state index is 13.0. The molecule has 0 aliphatic carbocycles. The Morgan fingerprint density at radius 3 is 2.31 bits per heavy atom. The highest BCUT2D eigenvalue weighted by Gasteiger charge is 2.26. The van der Waals surface area contributed by atoms with E-state index in [1.807, 2.05) is 44.2 Å². The highest BCUT2D eigenvalue weighted by Crippen LogP contribution is 2.23. The SMILES string of the molecule is CC(C)CNC(=O)[C@@H](C)N(Cc1ccccc1Cl)C(=O)CSc1ccc(Cl)cc1. The molecule has 7 heteroatoms. The molecule has 0 saturated heterocycles. The molecule has 0 unspecified atom stereocenters. The van der Waals surface area contributed by atoms with Gasteiger partial charge in [0, 0.05) is 28.0 Å². The van der Waals surface area contributed by atoms with Crippen LogP contribution in [0.1, 0.15) is 26.3 Å². The van der Waals surface area contributed by atoms with Gasteiger partial charge in [-0.15, -0.1) is 11.8 Å². The first-order valence-electron chi connectivity index (χ1n) is 9.47. The molecule has 4 nitrogen and oxygen atoms in total. The van der Waals surface area contributed by atoms with E-state index in [1.54, 1.807) is 30.0 Å². The van der Waals surface area contributed by atoms with E-state index in [9.17, 15) is 9.59 Å². The molecule has 0 bridgehead atoms. The Balaban J connectivity index is 2.13. The summed E-state index contributed by atoms with van der Waals surface area (Å²) in [5, 5.41) is 4.13. The van der Waals surface area contributed by atoms with Gasteiger partial charge >= 0.3 is 0 Å². The molecule has 0 aliphatic heterocycles. The molecule has 0 heterocycles. The zero-order valence-corrected chi connectivity index (χ0v) is 19.2. The minimum absolute atomic E-state index is 0.128. The number of benzene rings is 2. The standard InChI is InChI=1S/C22H26Cl2N2O2S/c1-15(2)12-25-22(28)16(3)26(13-17-6-4-5-7-20(17)24)21(27)14-29-19-10-8-18(23)9-11-19/h4-11,15-16H,12-14H2,1-3H3,(H,25,28)/t16-/m1/s1. The summed E-state index contributed by atoms with van der Waals surface area (Å²) in [6.07, 6.45) is 0. The van der Waals surface area contributed by atoms with Gasteiger partial charge in [0.05, 0.1) is 5.75 Å². The van der Waals surface area contributed by atoms with Crippen molar-refractivity contribution < 1.29 is 9.59 Å². The van der Waals surface area contributed by atoms with Gasteiger partial charge in [-0.05, 0) is 48.7 Å². The topological polar surface area (TPSA) is 49.4 Å². The molecule has 2 rings (SSSR count). The highest BCUT2D eigenvalue weighted by molar-refractivity contribution is 8.00. The van der Waals surface area contributed by atoms with Gasteiger partial charge < -0.3 is 10.2 Å². The fraction of sp³-hybridized carbons (Fsp3) is 0.364. The van der Waals surface area contributed by atoms with Gasteiger partial charge in [-0.2, -0.15) is 0 Å². The van der Waals surface area contributed by atoms with E-state index in [2.05, 4.69) is 5.32 Å². The van der Waals surface area contributed by atoms with Crippen molar-refractivity contribution in [1.82, 2.24) is 10.2 Å². The van der Waals surface area contributed by atoms with E-state index >= 15 is 0 Å². The first-order valence-corrected chi connectivity index (χ1v) is 11.2. The zero-order valence-electron chi connectivity index (χ0n) is 16.8. The van der Waals surface area contributed by atoms with Crippen LogP contribution in [0.5, 0.6) is 0 Å². The number of thioether (sulfide) groups is 1. The van der Waals surface area contributed by atoms with Crippen LogP contribution in [0.3, 0.4) is 0 Å². The third-order valence-electron chi connectivity index (χ3n) is 4.33. The molecule has 0 saturated carbocycles. The summed E-state index contributed by atoms with van der Waals surface area (Å²) in [5.41, 5.74) is 0.808. The maximum atomic E-state index is 13.0. The van der Waals surface area contributed by atoms with Gasteiger partial charge in [0.2, 0.25) is 11.8 Å². The summed E-state index contributed by atoms with van der Waals surface area (Å²) in [6, 6.07) is 14.1. The minimum Gasteiger partial charge on any atom is -0.354 e. The van der Waals surface area contributed by atoms with Crippen LogP contribution < -0.4 is 5.32 Å². The lowest BCUT2D eigenvalue weighted by Crippen LogP contribution is -2.48. The first-order chi connectivity index (χ1) is 13.8. The molecule has 0 aromatic heterocycles. The Labute approximate surface area is 187 Å². The van der Waals surface area contributed by atoms with Crippen LogP contribution in [0.4, 0.5) is 0 Å². The summed E-state index contributed by atoms with van der Waals surface area (Å²) < 4.78 is 0. The summed E-state index contributed by atoms with van der Waals surface area (Å²) in [6.45, 7) is 6.64. The van der Waals surface area contributed by atoms with Gasteiger partial charge in [-0.3, -0.25) is 9.59 Å². The molecule has 2 amide bonds. The van der Waals surface area contributed by atoms with E-state index in [0.717, 1.165) is 10.5 Å². The van der Waals surface area contributed by atoms with E-state index < -0.39 is 6.04 Å². The number of rotatable bonds is 9.